The first-order valence-electron chi connectivity index (χ1n) is 7.22. The summed E-state index contributed by atoms with van der Waals surface area (Å²) >= 11 is 1.87. The second-order valence-electron chi connectivity index (χ2n) is 5.82. The van der Waals surface area contributed by atoms with Crippen LogP contribution in [0, 0.1) is 5.92 Å². The van der Waals surface area contributed by atoms with Gasteiger partial charge in [0.15, 0.2) is 5.96 Å². The predicted octanol–water partition coefficient (Wildman–Crippen LogP) is 1.63. The van der Waals surface area contributed by atoms with Crippen LogP contribution in [-0.4, -0.2) is 61.6 Å². The van der Waals surface area contributed by atoms with E-state index in [9.17, 15) is 0 Å². The van der Waals surface area contributed by atoms with Gasteiger partial charge in [0.2, 0.25) is 0 Å². The molecule has 19 heavy (non-hydrogen) atoms. The molecule has 1 aliphatic rings. The lowest BCUT2D eigenvalue weighted by atomic mass is 10.1. The van der Waals surface area contributed by atoms with Crippen molar-refractivity contribution in [2.24, 2.45) is 10.9 Å². The number of nitrogens with zero attached hydrogens (tertiary/aromatic N) is 2. The van der Waals surface area contributed by atoms with Crippen molar-refractivity contribution in [3.63, 3.8) is 0 Å². The van der Waals surface area contributed by atoms with Crippen molar-refractivity contribution in [3.8, 4) is 0 Å². The van der Waals surface area contributed by atoms with Crippen molar-refractivity contribution in [1.29, 1.82) is 0 Å². The summed E-state index contributed by atoms with van der Waals surface area (Å²) in [5.74, 6) is 1.68. The van der Waals surface area contributed by atoms with Crippen LogP contribution < -0.4 is 10.6 Å². The number of guanidine groups is 1. The minimum atomic E-state index is 0.240. The minimum Gasteiger partial charge on any atom is -0.356 e. The summed E-state index contributed by atoms with van der Waals surface area (Å²) in [6.45, 7) is 12.3. The van der Waals surface area contributed by atoms with Crippen molar-refractivity contribution < 1.29 is 0 Å². The molecule has 0 saturated carbocycles. The van der Waals surface area contributed by atoms with Gasteiger partial charge < -0.3 is 15.5 Å². The first kappa shape index (κ1) is 16.6. The average Bonchev–Trinajstić information content (AvgIpc) is 2.87. The molecule has 1 heterocycles. The average molecular weight is 286 g/mol. The van der Waals surface area contributed by atoms with Crippen LogP contribution in [0.1, 0.15) is 27.2 Å². The molecule has 1 saturated heterocycles. The summed E-state index contributed by atoms with van der Waals surface area (Å²) in [5, 5.41) is 6.87. The van der Waals surface area contributed by atoms with Gasteiger partial charge in [-0.25, -0.2) is 0 Å². The molecule has 1 fully saturated rings. The van der Waals surface area contributed by atoms with E-state index in [4.69, 9.17) is 0 Å². The molecule has 4 nitrogen and oxygen atoms in total. The maximum atomic E-state index is 4.30. The van der Waals surface area contributed by atoms with Gasteiger partial charge in [0.1, 0.15) is 0 Å². The van der Waals surface area contributed by atoms with Gasteiger partial charge in [-0.1, -0.05) is 6.92 Å². The highest BCUT2D eigenvalue weighted by Gasteiger charge is 2.21. The molecule has 2 N–H and O–H groups in total. The van der Waals surface area contributed by atoms with Crippen LogP contribution in [0.15, 0.2) is 4.99 Å². The predicted molar refractivity (Wildman–Crippen MR) is 87.2 cm³/mol. The van der Waals surface area contributed by atoms with E-state index in [1.54, 1.807) is 0 Å². The van der Waals surface area contributed by atoms with Crippen LogP contribution in [0.25, 0.3) is 0 Å². The number of hydrogen-bond acceptors (Lipinski definition) is 3. The molecule has 0 bridgehead atoms. The molecule has 1 atom stereocenters. The molecule has 0 aromatic rings. The highest BCUT2D eigenvalue weighted by Crippen LogP contribution is 2.19. The van der Waals surface area contributed by atoms with E-state index in [1.807, 2.05) is 18.8 Å². The van der Waals surface area contributed by atoms with Crippen LogP contribution in [-0.2, 0) is 0 Å². The van der Waals surface area contributed by atoms with Crippen LogP contribution in [0.3, 0.4) is 0 Å². The second kappa shape index (κ2) is 8.00. The number of hydrogen-bond donors (Lipinski definition) is 2. The highest BCUT2D eigenvalue weighted by atomic mass is 32.2. The third-order valence-corrected chi connectivity index (χ3v) is 5.08. The highest BCUT2D eigenvalue weighted by molar-refractivity contribution is 7.99. The van der Waals surface area contributed by atoms with E-state index < -0.39 is 0 Å². The van der Waals surface area contributed by atoms with Crippen LogP contribution >= 0.6 is 11.8 Å². The summed E-state index contributed by atoms with van der Waals surface area (Å²) in [4.78, 5) is 6.81. The standard InChI is InChI=1S/C14H30N4S/c1-6-18-8-7-12(10-18)9-16-13(15-4)17-11-14(2,3)19-5/h12H,6-11H2,1-5H3,(H2,15,16,17). The third-order valence-electron chi connectivity index (χ3n) is 3.83. The zero-order valence-electron chi connectivity index (χ0n) is 13.1. The minimum absolute atomic E-state index is 0.240. The molecule has 0 radical (unpaired) electrons. The Morgan fingerprint density at radius 1 is 1.42 bits per heavy atom. The molecular formula is C14H30N4S. The Labute approximate surface area is 122 Å². The Hall–Kier alpha value is -0.420. The first-order valence-corrected chi connectivity index (χ1v) is 8.45. The molecule has 0 amide bonds. The first-order chi connectivity index (χ1) is 9.00. The maximum absolute atomic E-state index is 4.30. The Morgan fingerprint density at radius 2 is 2.16 bits per heavy atom. The quantitative estimate of drug-likeness (QED) is 0.575. The number of likely N-dealkylation sites (tertiary alicyclic amines) is 1. The Kier molecular flexibility index (Phi) is 7.00. The number of rotatable bonds is 6. The topological polar surface area (TPSA) is 39.7 Å². The molecule has 0 aliphatic carbocycles. The molecule has 5 heteroatoms. The largest absolute Gasteiger partial charge is 0.356 e. The van der Waals surface area contributed by atoms with Crippen LogP contribution in [0.4, 0.5) is 0 Å². The van der Waals surface area contributed by atoms with E-state index in [2.05, 4.69) is 47.6 Å². The van der Waals surface area contributed by atoms with E-state index >= 15 is 0 Å². The smallest absolute Gasteiger partial charge is 0.191 e. The van der Waals surface area contributed by atoms with E-state index in [1.165, 1.54) is 26.1 Å². The summed E-state index contributed by atoms with van der Waals surface area (Å²) in [7, 11) is 1.84. The van der Waals surface area contributed by atoms with Gasteiger partial charge in [-0.15, -0.1) is 0 Å². The molecule has 0 aromatic heterocycles. The summed E-state index contributed by atoms with van der Waals surface area (Å²) in [6, 6.07) is 0. The van der Waals surface area contributed by atoms with E-state index in [0.29, 0.717) is 0 Å². The van der Waals surface area contributed by atoms with Gasteiger partial charge in [-0.3, -0.25) is 4.99 Å². The van der Waals surface area contributed by atoms with Crippen molar-refractivity contribution in [2.45, 2.75) is 31.9 Å². The fraction of sp³-hybridized carbons (Fsp3) is 0.929. The summed E-state index contributed by atoms with van der Waals surface area (Å²) in [6.07, 6.45) is 3.45. The second-order valence-corrected chi connectivity index (χ2v) is 7.33. The van der Waals surface area contributed by atoms with Crippen molar-refractivity contribution in [2.75, 3.05) is 46.0 Å². The van der Waals surface area contributed by atoms with E-state index in [-0.39, 0.29) is 4.75 Å². The van der Waals surface area contributed by atoms with E-state index in [0.717, 1.165) is 25.0 Å². The molecule has 112 valence electrons. The lowest BCUT2D eigenvalue weighted by Gasteiger charge is -2.24. The lowest BCUT2D eigenvalue weighted by molar-refractivity contribution is 0.341. The Bertz CT molecular complexity index is 291. The lowest BCUT2D eigenvalue weighted by Crippen LogP contribution is -2.44. The van der Waals surface area contributed by atoms with Crippen LogP contribution in [0.2, 0.25) is 0 Å². The summed E-state index contributed by atoms with van der Waals surface area (Å²) in [5.41, 5.74) is 0. The number of aliphatic imine (C=N–C) groups is 1. The van der Waals surface area contributed by atoms with Crippen LogP contribution in [0.5, 0.6) is 0 Å². The third kappa shape index (κ3) is 6.04. The SMILES string of the molecule is CCN1CCC(CNC(=NC)NCC(C)(C)SC)C1. The van der Waals surface area contributed by atoms with Gasteiger partial charge in [0, 0.05) is 31.4 Å². The van der Waals surface area contributed by atoms with Crippen molar-refractivity contribution in [3.05, 3.63) is 0 Å². The molecule has 1 aliphatic heterocycles. The zero-order valence-corrected chi connectivity index (χ0v) is 13.9. The van der Waals surface area contributed by atoms with Gasteiger partial charge in [0.05, 0.1) is 0 Å². The van der Waals surface area contributed by atoms with Crippen molar-refractivity contribution >= 4 is 17.7 Å². The zero-order chi connectivity index (χ0) is 14.3. The van der Waals surface area contributed by atoms with Gasteiger partial charge in [0.25, 0.3) is 0 Å². The molecule has 1 unspecified atom stereocenters. The van der Waals surface area contributed by atoms with Gasteiger partial charge >= 0.3 is 0 Å². The molecular weight excluding hydrogens is 256 g/mol. The number of nitrogens with one attached hydrogen (secondary N) is 2. The fourth-order valence-electron chi connectivity index (χ4n) is 2.20. The monoisotopic (exact) mass is 286 g/mol. The summed E-state index contributed by atoms with van der Waals surface area (Å²) < 4.78 is 0.240. The molecule has 1 rings (SSSR count). The molecule has 0 spiro atoms. The number of thioether (sulfide) groups is 1. The van der Waals surface area contributed by atoms with Crippen molar-refractivity contribution in [1.82, 2.24) is 15.5 Å². The van der Waals surface area contributed by atoms with Gasteiger partial charge in [-0.05, 0) is 45.5 Å². The Balaban J connectivity index is 2.26. The maximum Gasteiger partial charge on any atom is 0.191 e. The normalized spacial score (nSPS) is 21.7. The molecule has 0 aromatic carbocycles. The Morgan fingerprint density at radius 3 is 2.68 bits per heavy atom. The van der Waals surface area contributed by atoms with Gasteiger partial charge in [-0.2, -0.15) is 11.8 Å². The fourth-order valence-corrected chi connectivity index (χ4v) is 2.41.